The minimum atomic E-state index is -0.723. The van der Waals surface area contributed by atoms with Gasteiger partial charge in [0.05, 0.1) is 7.11 Å². The Morgan fingerprint density at radius 2 is 2.42 bits per heavy atom. The highest BCUT2D eigenvalue weighted by Crippen LogP contribution is 1.98. The quantitative estimate of drug-likeness (QED) is 0.519. The van der Waals surface area contributed by atoms with E-state index in [1.165, 1.54) is 13.3 Å². The van der Waals surface area contributed by atoms with E-state index in [0.717, 1.165) is 0 Å². The molecule has 1 amide bonds. The van der Waals surface area contributed by atoms with E-state index >= 15 is 0 Å². The maximum absolute atomic E-state index is 11.0. The first-order chi connectivity index (χ1) is 5.65. The molecule has 0 aliphatic carbocycles. The summed E-state index contributed by atoms with van der Waals surface area (Å²) in [6, 6.07) is -1.13. The van der Waals surface area contributed by atoms with Crippen molar-refractivity contribution in [2.45, 2.75) is 19.0 Å². The lowest BCUT2D eigenvalue weighted by Gasteiger charge is -2.18. The molecule has 1 N–H and O–H groups in total. The van der Waals surface area contributed by atoms with Gasteiger partial charge in [0.2, 0.25) is 5.91 Å². The van der Waals surface area contributed by atoms with Gasteiger partial charge in [0.25, 0.3) is 0 Å². The van der Waals surface area contributed by atoms with Gasteiger partial charge in [0.15, 0.2) is 6.04 Å². The molecule has 12 heavy (non-hydrogen) atoms. The van der Waals surface area contributed by atoms with Crippen molar-refractivity contribution in [2.75, 3.05) is 7.11 Å². The summed E-state index contributed by atoms with van der Waals surface area (Å²) in [4.78, 5) is 25.7. The van der Waals surface area contributed by atoms with Crippen molar-refractivity contribution >= 4 is 18.1 Å². The van der Waals surface area contributed by atoms with Crippen LogP contribution in [0.2, 0.25) is 0 Å². The van der Waals surface area contributed by atoms with Crippen LogP contribution in [-0.2, 0) is 14.3 Å². The van der Waals surface area contributed by atoms with Gasteiger partial charge in [-0.15, -0.1) is 0 Å². The molecule has 1 aliphatic heterocycles. The number of ether oxygens (including phenoxy) is 1. The predicted molar refractivity (Wildman–Crippen MR) is 41.9 cm³/mol. The smallest absolute Gasteiger partial charge is 0.334 e. The molecule has 0 saturated heterocycles. The molecule has 0 saturated carbocycles. The van der Waals surface area contributed by atoms with Crippen molar-refractivity contribution in [1.82, 2.24) is 5.32 Å². The van der Waals surface area contributed by atoms with Crippen LogP contribution in [0.15, 0.2) is 4.99 Å². The summed E-state index contributed by atoms with van der Waals surface area (Å²) in [6.07, 6.45) is 1.39. The van der Waals surface area contributed by atoms with Crippen molar-refractivity contribution in [3.05, 3.63) is 0 Å². The monoisotopic (exact) mass is 170 g/mol. The van der Waals surface area contributed by atoms with Crippen LogP contribution >= 0.6 is 0 Å². The number of carbonyl (C=O) groups excluding carboxylic acids is 2. The number of esters is 1. The summed E-state index contributed by atoms with van der Waals surface area (Å²) in [7, 11) is 1.26. The molecule has 0 aromatic heterocycles. The summed E-state index contributed by atoms with van der Waals surface area (Å²) < 4.78 is 4.43. The summed E-state index contributed by atoms with van der Waals surface area (Å²) >= 11 is 0. The number of carbonyl (C=O) groups is 2. The first-order valence-corrected chi connectivity index (χ1v) is 3.56. The minimum Gasteiger partial charge on any atom is -0.467 e. The highest BCUT2D eigenvalue weighted by atomic mass is 16.5. The molecule has 0 aromatic rings. The zero-order valence-electron chi connectivity index (χ0n) is 6.90. The minimum absolute atomic E-state index is 0.257. The number of hydrogen-bond donors (Lipinski definition) is 1. The van der Waals surface area contributed by atoms with Crippen LogP contribution in [0.4, 0.5) is 0 Å². The molecule has 0 radical (unpaired) electrons. The third kappa shape index (κ3) is 1.61. The average Bonchev–Trinajstić information content (AvgIpc) is 2.08. The molecule has 0 fully saturated rings. The topological polar surface area (TPSA) is 67.8 Å². The number of methoxy groups -OCH3 is 1. The van der Waals surface area contributed by atoms with Crippen molar-refractivity contribution in [2.24, 2.45) is 4.99 Å². The molecule has 5 heteroatoms. The summed E-state index contributed by atoms with van der Waals surface area (Å²) in [6.45, 7) is 1.65. The zero-order valence-corrected chi connectivity index (χ0v) is 6.90. The normalized spacial score (nSPS) is 28.0. The summed E-state index contributed by atoms with van der Waals surface area (Å²) in [5.41, 5.74) is 0. The highest BCUT2D eigenvalue weighted by Gasteiger charge is 2.25. The van der Waals surface area contributed by atoms with Crippen molar-refractivity contribution in [3.8, 4) is 0 Å². The fourth-order valence-electron chi connectivity index (χ4n) is 0.841. The lowest BCUT2D eigenvalue weighted by atomic mass is 10.2. The molecule has 1 rings (SSSR count). The zero-order chi connectivity index (χ0) is 9.14. The molecule has 1 heterocycles. The lowest BCUT2D eigenvalue weighted by Crippen LogP contribution is -2.49. The number of aliphatic imine (C=N–C) groups is 1. The number of nitrogens with zero attached hydrogens (tertiary/aromatic N) is 1. The Kier molecular flexibility index (Phi) is 2.42. The Labute approximate surface area is 69.8 Å². The van der Waals surface area contributed by atoms with E-state index in [0.29, 0.717) is 0 Å². The first-order valence-electron chi connectivity index (χ1n) is 3.56. The van der Waals surface area contributed by atoms with Gasteiger partial charge >= 0.3 is 5.97 Å². The maximum Gasteiger partial charge on any atom is 0.334 e. The molecule has 1 aliphatic rings. The van der Waals surface area contributed by atoms with Gasteiger partial charge in [0, 0.05) is 6.21 Å². The molecular formula is C7H10N2O3. The van der Waals surface area contributed by atoms with Crippen LogP contribution in [0.1, 0.15) is 6.92 Å². The van der Waals surface area contributed by atoms with E-state index in [1.807, 2.05) is 0 Å². The Balaban J connectivity index is 2.67. The molecule has 2 unspecified atom stereocenters. The Morgan fingerprint density at radius 1 is 1.75 bits per heavy atom. The summed E-state index contributed by atoms with van der Waals surface area (Å²) in [5.74, 6) is -0.757. The van der Waals surface area contributed by atoms with E-state index < -0.39 is 18.1 Å². The number of rotatable bonds is 1. The van der Waals surface area contributed by atoms with Gasteiger partial charge < -0.3 is 10.1 Å². The van der Waals surface area contributed by atoms with Gasteiger partial charge in [-0.1, -0.05) is 0 Å². The van der Waals surface area contributed by atoms with E-state index in [1.54, 1.807) is 6.92 Å². The van der Waals surface area contributed by atoms with Crippen molar-refractivity contribution < 1.29 is 14.3 Å². The van der Waals surface area contributed by atoms with Crippen LogP contribution in [0.3, 0.4) is 0 Å². The summed E-state index contributed by atoms with van der Waals surface area (Å²) in [5, 5.41) is 2.45. The van der Waals surface area contributed by atoms with Gasteiger partial charge in [-0.25, -0.2) is 4.79 Å². The second kappa shape index (κ2) is 3.34. The van der Waals surface area contributed by atoms with Crippen LogP contribution in [-0.4, -0.2) is 37.3 Å². The van der Waals surface area contributed by atoms with Gasteiger partial charge in [0.1, 0.15) is 6.04 Å². The Bertz CT molecular complexity index is 237. The second-order valence-corrected chi connectivity index (χ2v) is 2.48. The molecule has 5 nitrogen and oxygen atoms in total. The third-order valence-electron chi connectivity index (χ3n) is 1.59. The average molecular weight is 170 g/mol. The second-order valence-electron chi connectivity index (χ2n) is 2.48. The lowest BCUT2D eigenvalue weighted by molar-refractivity contribution is -0.143. The SMILES string of the molecule is COC(=O)C1C=NC(C)C(=O)N1. The maximum atomic E-state index is 11.0. The molecular weight excluding hydrogens is 160 g/mol. The number of nitrogens with one attached hydrogen (secondary N) is 1. The highest BCUT2D eigenvalue weighted by molar-refractivity contribution is 6.02. The number of amides is 1. The molecule has 0 spiro atoms. The van der Waals surface area contributed by atoms with Crippen LogP contribution in [0.5, 0.6) is 0 Å². The van der Waals surface area contributed by atoms with Crippen LogP contribution in [0.25, 0.3) is 0 Å². The standard InChI is InChI=1S/C7H10N2O3/c1-4-6(10)9-5(3-8-4)7(11)12-2/h3-5H,1-2H3,(H,9,10). The Morgan fingerprint density at radius 3 is 2.92 bits per heavy atom. The van der Waals surface area contributed by atoms with E-state index in [2.05, 4.69) is 15.0 Å². The molecule has 2 atom stereocenters. The molecule has 0 bridgehead atoms. The molecule has 0 aromatic carbocycles. The van der Waals surface area contributed by atoms with E-state index in [9.17, 15) is 9.59 Å². The largest absolute Gasteiger partial charge is 0.467 e. The van der Waals surface area contributed by atoms with Gasteiger partial charge in [-0.2, -0.15) is 0 Å². The van der Waals surface area contributed by atoms with Gasteiger partial charge in [-0.3, -0.25) is 9.79 Å². The fraction of sp³-hybridized carbons (Fsp3) is 0.571. The molecule has 66 valence electrons. The van der Waals surface area contributed by atoms with Crippen LogP contribution in [0, 0.1) is 0 Å². The van der Waals surface area contributed by atoms with Crippen LogP contribution < -0.4 is 5.32 Å². The Hall–Kier alpha value is -1.39. The van der Waals surface area contributed by atoms with E-state index in [4.69, 9.17) is 0 Å². The van der Waals surface area contributed by atoms with Gasteiger partial charge in [-0.05, 0) is 6.92 Å². The fourth-order valence-corrected chi connectivity index (χ4v) is 0.841. The van der Waals surface area contributed by atoms with E-state index in [-0.39, 0.29) is 5.91 Å². The number of hydrogen-bond acceptors (Lipinski definition) is 4. The predicted octanol–water partition coefficient (Wildman–Crippen LogP) is -0.883. The third-order valence-corrected chi connectivity index (χ3v) is 1.59. The first kappa shape index (κ1) is 8.70. The van der Waals surface area contributed by atoms with Crippen molar-refractivity contribution in [1.29, 1.82) is 0 Å². The van der Waals surface area contributed by atoms with Crippen molar-refractivity contribution in [3.63, 3.8) is 0 Å².